The fraction of sp³-hybridized carbons (Fsp3) is 0.250. The highest BCUT2D eigenvalue weighted by molar-refractivity contribution is 7.89. The molecule has 1 aliphatic rings. The Morgan fingerprint density at radius 1 is 0.931 bits per heavy atom. The molecule has 1 aliphatic carbocycles. The van der Waals surface area contributed by atoms with Gasteiger partial charge in [0.25, 0.3) is 0 Å². The third-order valence-electron chi connectivity index (χ3n) is 5.73. The van der Waals surface area contributed by atoms with Gasteiger partial charge in [0, 0.05) is 5.92 Å². The summed E-state index contributed by atoms with van der Waals surface area (Å²) in [5.74, 6) is -0.257. The highest BCUT2D eigenvalue weighted by Gasteiger charge is 2.36. The van der Waals surface area contributed by atoms with Gasteiger partial charge in [-0.1, -0.05) is 72.3 Å². The molecule has 4 nitrogen and oxygen atoms in total. The second kappa shape index (κ2) is 8.11. The summed E-state index contributed by atoms with van der Waals surface area (Å²) in [5, 5.41) is 11.1. The molecule has 29 heavy (non-hydrogen) atoms. The van der Waals surface area contributed by atoms with Crippen molar-refractivity contribution in [3.8, 4) is 0 Å². The zero-order valence-corrected chi connectivity index (χ0v) is 17.1. The van der Waals surface area contributed by atoms with Crippen LogP contribution < -0.4 is 4.72 Å². The molecule has 5 heteroatoms. The predicted octanol–water partition coefficient (Wildman–Crippen LogP) is 4.31. The van der Waals surface area contributed by atoms with Crippen LogP contribution in [0.2, 0.25) is 0 Å². The Morgan fingerprint density at radius 3 is 2.31 bits per heavy atom. The van der Waals surface area contributed by atoms with Crippen LogP contribution in [0.15, 0.2) is 83.8 Å². The van der Waals surface area contributed by atoms with Gasteiger partial charge < -0.3 is 5.11 Å². The fourth-order valence-electron chi connectivity index (χ4n) is 4.13. The van der Waals surface area contributed by atoms with Gasteiger partial charge in [0.15, 0.2) is 0 Å². The maximum Gasteiger partial charge on any atom is 0.241 e. The van der Waals surface area contributed by atoms with Gasteiger partial charge in [0.05, 0.1) is 17.0 Å². The number of nitrogens with one attached hydrogen (secondary N) is 1. The first kappa shape index (κ1) is 19.8. The summed E-state index contributed by atoms with van der Waals surface area (Å²) in [6, 6.07) is 23.7. The van der Waals surface area contributed by atoms with Crippen molar-refractivity contribution in [3.63, 3.8) is 0 Å². The fourth-order valence-corrected chi connectivity index (χ4v) is 5.40. The summed E-state index contributed by atoms with van der Waals surface area (Å²) < 4.78 is 29.1. The second-order valence-corrected chi connectivity index (χ2v) is 9.38. The first-order valence-electron chi connectivity index (χ1n) is 9.85. The molecule has 0 bridgehead atoms. The average Bonchev–Trinajstić information content (AvgIpc) is 2.74. The SMILES string of the molecule is Cc1ccc(S(=O)(=O)N[C@H](c2ccccc2)[C@@H]2CCc3ccccc3[C@H]2O)cc1. The van der Waals surface area contributed by atoms with Crippen LogP contribution in [-0.2, 0) is 16.4 Å². The van der Waals surface area contributed by atoms with Crippen molar-refractivity contribution in [2.45, 2.75) is 36.8 Å². The normalized spacial score (nSPS) is 20.1. The largest absolute Gasteiger partial charge is 0.388 e. The number of aliphatic hydroxyl groups excluding tert-OH is 1. The molecule has 0 spiro atoms. The van der Waals surface area contributed by atoms with Crippen molar-refractivity contribution < 1.29 is 13.5 Å². The molecule has 150 valence electrons. The summed E-state index contributed by atoms with van der Waals surface area (Å²) in [5.41, 5.74) is 3.87. The van der Waals surface area contributed by atoms with Gasteiger partial charge in [-0.05, 0) is 48.6 Å². The lowest BCUT2D eigenvalue weighted by atomic mass is 9.76. The number of sulfonamides is 1. The van der Waals surface area contributed by atoms with E-state index in [1.165, 1.54) is 0 Å². The Bertz CT molecular complexity index is 1080. The van der Waals surface area contributed by atoms with E-state index in [2.05, 4.69) is 4.72 Å². The number of aryl methyl sites for hydroxylation is 2. The Hall–Kier alpha value is -2.47. The lowest BCUT2D eigenvalue weighted by Gasteiger charge is -2.36. The smallest absolute Gasteiger partial charge is 0.241 e. The van der Waals surface area contributed by atoms with Crippen LogP contribution in [0, 0.1) is 12.8 Å². The molecule has 0 saturated carbocycles. The van der Waals surface area contributed by atoms with Crippen LogP contribution in [-0.4, -0.2) is 13.5 Å². The minimum absolute atomic E-state index is 0.231. The number of benzene rings is 3. The lowest BCUT2D eigenvalue weighted by Crippen LogP contribution is -2.37. The molecule has 3 atom stereocenters. The molecule has 0 saturated heterocycles. The van der Waals surface area contributed by atoms with Gasteiger partial charge in [-0.2, -0.15) is 0 Å². The number of hydrogen-bond acceptors (Lipinski definition) is 3. The number of rotatable bonds is 5. The summed E-state index contributed by atoms with van der Waals surface area (Å²) in [4.78, 5) is 0.231. The molecular weight excluding hydrogens is 382 g/mol. The van der Waals surface area contributed by atoms with E-state index in [9.17, 15) is 13.5 Å². The molecule has 2 N–H and O–H groups in total. The molecule has 0 fully saturated rings. The number of hydrogen-bond donors (Lipinski definition) is 2. The third kappa shape index (κ3) is 4.13. The molecular formula is C24H25NO3S. The third-order valence-corrected chi connectivity index (χ3v) is 7.18. The van der Waals surface area contributed by atoms with Gasteiger partial charge in [0.1, 0.15) is 0 Å². The van der Waals surface area contributed by atoms with Crippen LogP contribution >= 0.6 is 0 Å². The highest BCUT2D eigenvalue weighted by Crippen LogP contribution is 2.41. The van der Waals surface area contributed by atoms with Crippen LogP contribution in [0.5, 0.6) is 0 Å². The lowest BCUT2D eigenvalue weighted by molar-refractivity contribution is 0.0744. The summed E-state index contributed by atoms with van der Waals surface area (Å²) in [6.45, 7) is 1.92. The zero-order chi connectivity index (χ0) is 20.4. The van der Waals surface area contributed by atoms with Crippen LogP contribution in [0.3, 0.4) is 0 Å². The van der Waals surface area contributed by atoms with Crippen LogP contribution in [0.25, 0.3) is 0 Å². The summed E-state index contributed by atoms with van der Waals surface area (Å²) in [7, 11) is -3.74. The van der Waals surface area contributed by atoms with E-state index in [4.69, 9.17) is 0 Å². The van der Waals surface area contributed by atoms with E-state index < -0.39 is 22.2 Å². The molecule has 4 rings (SSSR count). The second-order valence-electron chi connectivity index (χ2n) is 7.67. The predicted molar refractivity (Wildman–Crippen MR) is 114 cm³/mol. The van der Waals surface area contributed by atoms with Crippen molar-refractivity contribution in [2.24, 2.45) is 5.92 Å². The van der Waals surface area contributed by atoms with E-state index in [0.29, 0.717) is 6.42 Å². The van der Waals surface area contributed by atoms with E-state index in [0.717, 1.165) is 28.7 Å². The number of aliphatic hydroxyl groups is 1. The molecule has 3 aromatic rings. The molecule has 3 aromatic carbocycles. The molecule has 0 radical (unpaired) electrons. The molecule has 0 heterocycles. The minimum atomic E-state index is -3.74. The van der Waals surface area contributed by atoms with Gasteiger partial charge in [-0.25, -0.2) is 13.1 Å². The van der Waals surface area contributed by atoms with Crippen LogP contribution in [0.4, 0.5) is 0 Å². The summed E-state index contributed by atoms with van der Waals surface area (Å²) >= 11 is 0. The Balaban J connectivity index is 1.71. The van der Waals surface area contributed by atoms with Crippen molar-refractivity contribution >= 4 is 10.0 Å². The Kier molecular flexibility index (Phi) is 5.54. The van der Waals surface area contributed by atoms with Crippen molar-refractivity contribution in [3.05, 3.63) is 101 Å². The topological polar surface area (TPSA) is 66.4 Å². The highest BCUT2D eigenvalue weighted by atomic mass is 32.2. The molecule has 0 aliphatic heterocycles. The van der Waals surface area contributed by atoms with E-state index in [1.807, 2.05) is 61.5 Å². The van der Waals surface area contributed by atoms with Crippen LogP contribution in [0.1, 0.15) is 40.8 Å². The van der Waals surface area contributed by atoms with Crippen molar-refractivity contribution in [1.29, 1.82) is 0 Å². The minimum Gasteiger partial charge on any atom is -0.388 e. The van der Waals surface area contributed by atoms with Crippen molar-refractivity contribution in [2.75, 3.05) is 0 Å². The molecule has 0 aromatic heterocycles. The maximum absolute atomic E-state index is 13.1. The van der Waals surface area contributed by atoms with Gasteiger partial charge in [0.2, 0.25) is 10.0 Å². The van der Waals surface area contributed by atoms with E-state index in [-0.39, 0.29) is 10.8 Å². The van der Waals surface area contributed by atoms with Crippen molar-refractivity contribution in [1.82, 2.24) is 4.72 Å². The Labute approximate surface area is 172 Å². The van der Waals surface area contributed by atoms with E-state index in [1.54, 1.807) is 24.3 Å². The maximum atomic E-state index is 13.1. The first-order valence-corrected chi connectivity index (χ1v) is 11.3. The standard InChI is InChI=1S/C24H25NO3S/c1-17-11-14-20(15-12-17)29(27,28)25-23(19-8-3-2-4-9-19)22-16-13-18-7-5-6-10-21(18)24(22)26/h2-12,14-15,22-26H,13,16H2,1H3/t22-,23+,24+/m0/s1. The Morgan fingerprint density at radius 2 is 1.59 bits per heavy atom. The number of fused-ring (bicyclic) bond motifs is 1. The zero-order valence-electron chi connectivity index (χ0n) is 16.3. The average molecular weight is 408 g/mol. The van der Waals surface area contributed by atoms with Gasteiger partial charge in [-0.15, -0.1) is 0 Å². The monoisotopic (exact) mass is 407 g/mol. The molecule has 0 unspecified atom stereocenters. The van der Waals surface area contributed by atoms with E-state index >= 15 is 0 Å². The summed E-state index contributed by atoms with van der Waals surface area (Å²) in [6.07, 6.45) is 0.785. The first-order chi connectivity index (χ1) is 14.0. The quantitative estimate of drug-likeness (QED) is 0.662. The van der Waals surface area contributed by atoms with Gasteiger partial charge >= 0.3 is 0 Å². The van der Waals surface area contributed by atoms with Gasteiger partial charge in [-0.3, -0.25) is 0 Å². The molecule has 0 amide bonds.